The highest BCUT2D eigenvalue weighted by Crippen LogP contribution is 2.69. The van der Waals surface area contributed by atoms with Gasteiger partial charge in [0.05, 0.1) is 29.9 Å². The molecule has 0 unspecified atom stereocenters. The number of H-pyrrole nitrogens is 1. The summed E-state index contributed by atoms with van der Waals surface area (Å²) in [7, 11) is -12.2. The van der Waals surface area contributed by atoms with Crippen LogP contribution in [0.4, 0.5) is 23.3 Å². The molecule has 9 N–H and O–H groups in total. The number of carbonyl (C=O) groups excluding carboxylic acids is 2. The number of fused-ring (bicyclic) bond motifs is 6. The number of anilines is 4. The second-order valence-electron chi connectivity index (χ2n) is 37.6. The van der Waals surface area contributed by atoms with E-state index in [9.17, 15) is 44.4 Å². The summed E-state index contributed by atoms with van der Waals surface area (Å²) < 4.78 is 94.9. The fraction of sp³-hybridized carbons (Fsp3) is 0.517. The highest BCUT2D eigenvalue weighted by atomic mass is 35.5. The van der Waals surface area contributed by atoms with Crippen LogP contribution in [0, 0.1) is 62.1 Å². The number of carbonyl (C=O) groups is 3. The van der Waals surface area contributed by atoms with Crippen LogP contribution in [0.15, 0.2) is 148 Å². The third-order valence-corrected chi connectivity index (χ3v) is 30.1. The Labute approximate surface area is 735 Å². The molecule has 9 aromatic rings. The van der Waals surface area contributed by atoms with Crippen LogP contribution in [-0.2, 0) is 30.1 Å². The zero-order valence-electron chi connectivity index (χ0n) is 72.7. The van der Waals surface area contributed by atoms with Crippen LogP contribution in [0.2, 0.25) is 10.3 Å². The number of carboxylic acid groups (broad SMARTS) is 1. The highest BCUT2D eigenvalue weighted by molar-refractivity contribution is 7.90. The molecule has 0 aromatic carbocycles. The minimum Gasteiger partial charge on any atom is -0.478 e. The van der Waals surface area contributed by atoms with Gasteiger partial charge in [-0.2, -0.15) is 16.8 Å². The maximum Gasteiger partial charge on any atom is 0.338 e. The van der Waals surface area contributed by atoms with Gasteiger partial charge in [-0.1, -0.05) is 124 Å². The van der Waals surface area contributed by atoms with Crippen LogP contribution in [0.1, 0.15) is 211 Å². The summed E-state index contributed by atoms with van der Waals surface area (Å²) in [6.45, 7) is 35.4. The fourth-order valence-corrected chi connectivity index (χ4v) is 20.4. The number of nitrogens with two attached hydrogens (primary N) is 1. The van der Waals surface area contributed by atoms with Crippen LogP contribution in [-0.4, -0.2) is 152 Å². The smallest absolute Gasteiger partial charge is 0.338 e. The Morgan fingerprint density at radius 1 is 0.597 bits per heavy atom. The fourth-order valence-electron chi connectivity index (χ4n) is 17.6. The zero-order chi connectivity index (χ0) is 89.9. The van der Waals surface area contributed by atoms with E-state index >= 15 is 0 Å². The average molecular weight is 1800 g/mol. The number of carboxylic acids is 1. The Kier molecular flexibility index (Phi) is 27.7. The number of aromatic amines is 1. The molecule has 4 aliphatic carbocycles. The van der Waals surface area contributed by atoms with Crippen molar-refractivity contribution < 1.29 is 54.2 Å². The number of amides is 2. The van der Waals surface area contributed by atoms with Crippen LogP contribution >= 0.6 is 23.2 Å². The van der Waals surface area contributed by atoms with E-state index in [4.69, 9.17) is 47.9 Å². The molecule has 15 rings (SSSR count). The number of nitrogens with one attached hydrogen (secondary N) is 6. The molecule has 124 heavy (non-hydrogen) atoms. The molecule has 0 spiro atoms. The molecule has 32 nitrogen and oxygen atoms in total. The quantitative estimate of drug-likeness (QED) is 0.0206. The van der Waals surface area contributed by atoms with Gasteiger partial charge in [0.15, 0.2) is 32.5 Å². The van der Waals surface area contributed by atoms with Crippen LogP contribution < -0.4 is 50.5 Å². The number of hydrogen-bond acceptors (Lipinski definition) is 24. The summed E-state index contributed by atoms with van der Waals surface area (Å²) in [5.74, 6) is 3.99. The average Bonchev–Trinajstić information content (AvgIpc) is 1.55. The van der Waals surface area contributed by atoms with Gasteiger partial charge in [-0.05, 0) is 220 Å². The molecule has 6 aliphatic rings. The first-order chi connectivity index (χ1) is 58.1. The third kappa shape index (κ3) is 22.4. The van der Waals surface area contributed by atoms with Crippen molar-refractivity contribution >= 4 is 94.3 Å². The SMILES string of the molecule is CC1(C)C(COc2ccn(-c3ccc(C(=O)O)c(Cl)n3)n2)C1(C)C.CC1(C)CC[C@@H](CCCNc2cccc(S(=O)(=O)NC(=O)c3ccc(-n4ccc(OCC5C(C)(C)C5(C)C)n4)nc3Cl)n2)C1.CC1(C)CC[C@@H](CCCNc2cccc(S(N)(=O)=O)n2)C1.CC1(C)C[C@@H]2CCCNc3cccc(n3)S(=O)(=O)NC(=O)c3ccc(-n4ccc(=O)[nH]4)nc3N1C2. The Hall–Kier alpha value is -10.1. The molecule has 37 heteroatoms. The van der Waals surface area contributed by atoms with Crippen LogP contribution in [0.3, 0.4) is 0 Å². The summed E-state index contributed by atoms with van der Waals surface area (Å²) in [6.07, 6.45) is 19.8. The molecule has 1 saturated heterocycles. The van der Waals surface area contributed by atoms with Crippen molar-refractivity contribution in [3.8, 4) is 29.2 Å². The first-order valence-electron chi connectivity index (χ1n) is 41.9. The lowest BCUT2D eigenvalue weighted by Gasteiger charge is -2.34. The van der Waals surface area contributed by atoms with Crippen molar-refractivity contribution in [2.24, 2.45) is 67.2 Å². The molecule has 9 aromatic heterocycles. The third-order valence-electron chi connectivity index (χ3n) is 26.2. The molecular formula is C87H115Cl2N19O13S3. The van der Waals surface area contributed by atoms with Gasteiger partial charge >= 0.3 is 5.97 Å². The van der Waals surface area contributed by atoms with E-state index in [1.807, 2.05) is 0 Å². The van der Waals surface area contributed by atoms with Crippen LogP contribution in [0.5, 0.6) is 11.8 Å². The monoisotopic (exact) mass is 1800 g/mol. The number of aromatic carboxylic acids is 1. The van der Waals surface area contributed by atoms with E-state index in [0.717, 1.165) is 56.9 Å². The Bertz CT molecular complexity index is 5780. The van der Waals surface area contributed by atoms with E-state index in [2.05, 4.69) is 167 Å². The van der Waals surface area contributed by atoms with Gasteiger partial charge in [-0.25, -0.2) is 71.7 Å². The van der Waals surface area contributed by atoms with Crippen molar-refractivity contribution in [3.05, 3.63) is 165 Å². The zero-order valence-corrected chi connectivity index (χ0v) is 76.7. The standard InChI is InChI=1S/C32H43ClN6O4S.C23H27N7O4S.C17H20ClN3O3.C15H25N3O2S/c1-30(2)16-14-21(19-30)9-8-17-34-24-10-7-11-27(35-24)44(41,42)38-29(40)22-12-13-25(36-28(22)33)39-18-15-26(37-39)43-20-23-31(3,4)32(23,5)6;1-23(2)13-15-5-4-11-24-17-6-3-7-20(25-17)35(33,34)28-22(32)16-8-9-18(26-21(16)29(23)14-15)30-12-10-19(31)27-30;1-16(2)11(17(16,3)4)9-24-13-7-8-21(20-13)12-6-5-10(15(22)23)14(18)19-12;1-15(2)9-8-12(11-15)5-4-10-17-13-6-3-7-14(18-13)21(16,19)20/h7,10-13,15,18,21,23H,8-9,14,16-17,19-20H2,1-6H3,(H,34,35)(H,38,40);3,6-10,12,15H,4-5,11,13-14H2,1-2H3,(H,24,25)(H,27,31)(H,28,32);5-8,11H,9H2,1-4H3,(H,22,23);3,6-7,12H,4-5,8-11H2,1-2H3,(H,17,18)(H2,16,19,20)/t21-;15-;;12-/m10.1/s1. The maximum atomic E-state index is 13.3. The van der Waals surface area contributed by atoms with E-state index in [0.29, 0.717) is 114 Å². The van der Waals surface area contributed by atoms with Crippen LogP contribution in [0.25, 0.3) is 17.5 Å². The number of nitrogens with zero attached hydrogens (tertiary/aromatic N) is 12. The second-order valence-corrected chi connectivity index (χ2v) is 43.1. The number of sulfonamides is 3. The Morgan fingerprint density at radius 2 is 1.11 bits per heavy atom. The molecule has 2 aliphatic heterocycles. The first kappa shape index (κ1) is 93.1. The molecule has 5 fully saturated rings. The van der Waals surface area contributed by atoms with Gasteiger partial charge in [0.2, 0.25) is 11.8 Å². The van der Waals surface area contributed by atoms with Gasteiger partial charge in [0, 0.05) is 80.3 Å². The van der Waals surface area contributed by atoms with E-state index in [1.165, 1.54) is 108 Å². The predicted octanol–water partition coefficient (Wildman–Crippen LogP) is 14.8. The van der Waals surface area contributed by atoms with Crippen molar-refractivity contribution in [1.82, 2.24) is 68.7 Å². The molecule has 2 amide bonds. The lowest BCUT2D eigenvalue weighted by Crippen LogP contribution is -2.41. The van der Waals surface area contributed by atoms with Crippen molar-refractivity contribution in [3.63, 3.8) is 0 Å². The summed E-state index contributed by atoms with van der Waals surface area (Å²) >= 11 is 12.2. The number of aromatic nitrogens is 12. The molecule has 3 atom stereocenters. The van der Waals surface area contributed by atoms with Crippen molar-refractivity contribution in [2.45, 2.75) is 201 Å². The topological polar surface area (TPSA) is 432 Å². The molecule has 668 valence electrons. The van der Waals surface area contributed by atoms with Gasteiger partial charge in [0.25, 0.3) is 47.4 Å². The lowest BCUT2D eigenvalue weighted by atomic mass is 9.89. The maximum absolute atomic E-state index is 13.3. The number of primary sulfonamides is 1. The normalized spacial score (nSPS) is 20.4. The molecule has 0 radical (unpaired) electrons. The van der Waals surface area contributed by atoms with Gasteiger partial charge in [0.1, 0.15) is 33.6 Å². The van der Waals surface area contributed by atoms with Gasteiger partial charge < -0.3 is 35.4 Å². The van der Waals surface area contributed by atoms with E-state index in [-0.39, 0.29) is 74.8 Å². The number of ether oxygens (including phenoxy) is 2. The Morgan fingerprint density at radius 3 is 1.60 bits per heavy atom. The van der Waals surface area contributed by atoms with Crippen molar-refractivity contribution in [2.75, 3.05) is 60.2 Å². The molecule has 11 heterocycles. The minimum absolute atomic E-state index is 0.0396. The highest BCUT2D eigenvalue weighted by Gasteiger charge is 2.65. The summed E-state index contributed by atoms with van der Waals surface area (Å²) in [5, 5.41) is 34.1. The number of pyridine rings is 6. The van der Waals surface area contributed by atoms with Crippen molar-refractivity contribution in [1.29, 1.82) is 0 Å². The van der Waals surface area contributed by atoms with Gasteiger partial charge in [-0.3, -0.25) is 19.5 Å². The number of halogens is 2. The minimum atomic E-state index is -4.26. The lowest BCUT2D eigenvalue weighted by molar-refractivity contribution is 0.0695. The Balaban J connectivity index is 0.000000157. The number of rotatable bonds is 24. The summed E-state index contributed by atoms with van der Waals surface area (Å²) in [4.78, 5) is 76.4. The molecule has 4 bridgehead atoms. The van der Waals surface area contributed by atoms with E-state index < -0.39 is 47.9 Å². The number of hydrogen-bond donors (Lipinski definition) is 8. The second kappa shape index (κ2) is 36.9. The molecule has 4 saturated carbocycles. The first-order valence-corrected chi connectivity index (χ1v) is 47.2. The van der Waals surface area contributed by atoms with Gasteiger partial charge in [-0.15, -0.1) is 10.2 Å². The molecular weight excluding hydrogens is 1690 g/mol. The van der Waals surface area contributed by atoms with E-state index in [1.54, 1.807) is 79.3 Å². The predicted molar refractivity (Wildman–Crippen MR) is 475 cm³/mol. The summed E-state index contributed by atoms with van der Waals surface area (Å²) in [5.41, 5.74) is 1.27. The summed E-state index contributed by atoms with van der Waals surface area (Å²) in [6, 6.07) is 27.9. The largest absolute Gasteiger partial charge is 0.478 e.